The summed E-state index contributed by atoms with van der Waals surface area (Å²) in [5, 5.41) is 21.0. The van der Waals surface area contributed by atoms with Gasteiger partial charge in [0, 0.05) is 17.2 Å². The predicted molar refractivity (Wildman–Crippen MR) is 63.0 cm³/mol. The Morgan fingerprint density at radius 2 is 2.27 bits per heavy atom. The van der Waals surface area contributed by atoms with Crippen LogP contribution in [0, 0.1) is 0 Å². The lowest BCUT2D eigenvalue weighted by atomic mass is 10.2. The first-order chi connectivity index (χ1) is 7.26. The molecule has 1 aromatic carbocycles. The van der Waals surface area contributed by atoms with Crippen molar-refractivity contribution >= 4 is 11.8 Å². The van der Waals surface area contributed by atoms with Gasteiger partial charge in [-0.15, -0.1) is 11.8 Å². The fourth-order valence-electron chi connectivity index (χ4n) is 1.19. The lowest BCUT2D eigenvalue weighted by Gasteiger charge is -2.07. The third kappa shape index (κ3) is 4.66. The normalized spacial score (nSPS) is 12.7. The molecule has 1 unspecified atom stereocenters. The van der Waals surface area contributed by atoms with Crippen molar-refractivity contribution in [1.29, 1.82) is 0 Å². The van der Waals surface area contributed by atoms with Crippen molar-refractivity contribution in [2.75, 3.05) is 19.4 Å². The zero-order chi connectivity index (χ0) is 11.1. The first-order valence-corrected chi connectivity index (χ1v) is 5.90. The zero-order valence-corrected chi connectivity index (χ0v) is 9.63. The molecule has 0 heterocycles. The lowest BCUT2D eigenvalue weighted by molar-refractivity contribution is 0.113. The molecule has 15 heavy (non-hydrogen) atoms. The van der Waals surface area contributed by atoms with Crippen molar-refractivity contribution in [2.45, 2.75) is 17.5 Å². The first kappa shape index (κ1) is 12.5. The molecule has 0 aliphatic rings. The van der Waals surface area contributed by atoms with Crippen LogP contribution in [0.25, 0.3) is 0 Å². The summed E-state index contributed by atoms with van der Waals surface area (Å²) in [6.07, 6.45) is -0.636. The molecule has 1 aromatic rings. The molecule has 0 aliphatic carbocycles. The van der Waals surface area contributed by atoms with Crippen molar-refractivity contribution in [2.24, 2.45) is 0 Å². The molecular formula is C11H17NO2S. The standard InChI is InChI=1S/C11H17NO2S/c1-12-6-9-3-2-4-11(5-9)15-8-10(14)7-13/h2-5,10,12-14H,6-8H2,1H3. The Morgan fingerprint density at radius 3 is 2.93 bits per heavy atom. The molecule has 0 fully saturated rings. The molecule has 84 valence electrons. The number of rotatable bonds is 6. The molecule has 0 amide bonds. The molecule has 0 saturated heterocycles. The molecule has 0 spiro atoms. The molecule has 0 aliphatic heterocycles. The fraction of sp³-hybridized carbons (Fsp3) is 0.455. The largest absolute Gasteiger partial charge is 0.394 e. The summed E-state index contributed by atoms with van der Waals surface area (Å²) in [5.41, 5.74) is 1.22. The number of benzene rings is 1. The van der Waals surface area contributed by atoms with E-state index in [9.17, 15) is 5.11 Å². The van der Waals surface area contributed by atoms with Crippen LogP contribution in [0.4, 0.5) is 0 Å². The highest BCUT2D eigenvalue weighted by Crippen LogP contribution is 2.19. The van der Waals surface area contributed by atoms with Gasteiger partial charge in [0.2, 0.25) is 0 Å². The average molecular weight is 227 g/mol. The summed E-state index contributed by atoms with van der Waals surface area (Å²) in [4.78, 5) is 1.12. The minimum absolute atomic E-state index is 0.177. The number of hydrogen-bond acceptors (Lipinski definition) is 4. The number of aliphatic hydroxyl groups excluding tert-OH is 2. The Kier molecular flexibility index (Phi) is 5.71. The molecule has 3 N–H and O–H groups in total. The van der Waals surface area contributed by atoms with Crippen LogP contribution in [0.5, 0.6) is 0 Å². The van der Waals surface area contributed by atoms with Crippen molar-refractivity contribution in [3.05, 3.63) is 29.8 Å². The van der Waals surface area contributed by atoms with Gasteiger partial charge in [0.05, 0.1) is 12.7 Å². The van der Waals surface area contributed by atoms with Crippen molar-refractivity contribution < 1.29 is 10.2 Å². The molecule has 3 nitrogen and oxygen atoms in total. The van der Waals surface area contributed by atoms with E-state index in [-0.39, 0.29) is 6.61 Å². The van der Waals surface area contributed by atoms with Crippen LogP contribution < -0.4 is 5.32 Å². The quantitative estimate of drug-likeness (QED) is 0.631. The van der Waals surface area contributed by atoms with Gasteiger partial charge in [0.1, 0.15) is 0 Å². The van der Waals surface area contributed by atoms with Crippen LogP contribution in [-0.4, -0.2) is 35.7 Å². The van der Waals surface area contributed by atoms with Gasteiger partial charge in [-0.2, -0.15) is 0 Å². The van der Waals surface area contributed by atoms with E-state index >= 15 is 0 Å². The highest BCUT2D eigenvalue weighted by molar-refractivity contribution is 7.99. The predicted octanol–water partition coefficient (Wildman–Crippen LogP) is 0.851. The van der Waals surface area contributed by atoms with Crippen LogP contribution in [-0.2, 0) is 6.54 Å². The average Bonchev–Trinajstić information content (AvgIpc) is 2.27. The van der Waals surface area contributed by atoms with E-state index in [1.54, 1.807) is 11.8 Å². The fourth-order valence-corrected chi connectivity index (χ4v) is 2.09. The molecule has 0 aromatic heterocycles. The SMILES string of the molecule is CNCc1cccc(SCC(O)CO)c1. The minimum Gasteiger partial charge on any atom is -0.394 e. The van der Waals surface area contributed by atoms with Gasteiger partial charge in [-0.05, 0) is 24.7 Å². The van der Waals surface area contributed by atoms with Crippen LogP contribution in [0.15, 0.2) is 29.2 Å². The molecule has 0 radical (unpaired) electrons. The molecule has 0 saturated carbocycles. The molecule has 4 heteroatoms. The minimum atomic E-state index is -0.636. The second-order valence-corrected chi connectivity index (χ2v) is 4.42. The van der Waals surface area contributed by atoms with E-state index < -0.39 is 6.10 Å². The van der Waals surface area contributed by atoms with Gasteiger partial charge in [-0.1, -0.05) is 12.1 Å². The summed E-state index contributed by atoms with van der Waals surface area (Å²) >= 11 is 1.56. The van der Waals surface area contributed by atoms with Crippen LogP contribution in [0.2, 0.25) is 0 Å². The lowest BCUT2D eigenvalue weighted by Crippen LogP contribution is -2.14. The maximum absolute atomic E-state index is 9.21. The Morgan fingerprint density at radius 1 is 1.47 bits per heavy atom. The van der Waals surface area contributed by atoms with Crippen LogP contribution in [0.3, 0.4) is 0 Å². The molecule has 1 atom stereocenters. The van der Waals surface area contributed by atoms with Crippen LogP contribution in [0.1, 0.15) is 5.56 Å². The van der Waals surface area contributed by atoms with Crippen molar-refractivity contribution in [3.8, 4) is 0 Å². The smallest absolute Gasteiger partial charge is 0.0864 e. The second kappa shape index (κ2) is 6.85. The highest BCUT2D eigenvalue weighted by Gasteiger charge is 2.03. The number of aliphatic hydroxyl groups is 2. The van der Waals surface area contributed by atoms with E-state index in [1.165, 1.54) is 5.56 Å². The summed E-state index contributed by atoms with van der Waals surface area (Å²) < 4.78 is 0. The number of thioether (sulfide) groups is 1. The van der Waals surface area contributed by atoms with Gasteiger partial charge in [-0.3, -0.25) is 0 Å². The van der Waals surface area contributed by atoms with E-state index in [4.69, 9.17) is 5.11 Å². The third-order valence-electron chi connectivity index (χ3n) is 1.93. The van der Waals surface area contributed by atoms with Gasteiger partial charge >= 0.3 is 0 Å². The Balaban J connectivity index is 2.50. The maximum Gasteiger partial charge on any atom is 0.0864 e. The number of hydrogen-bond donors (Lipinski definition) is 3. The second-order valence-electron chi connectivity index (χ2n) is 3.33. The van der Waals surface area contributed by atoms with E-state index in [2.05, 4.69) is 17.4 Å². The molecule has 1 rings (SSSR count). The summed E-state index contributed by atoms with van der Waals surface area (Å²) in [5.74, 6) is 0.527. The topological polar surface area (TPSA) is 52.5 Å². The molecular weight excluding hydrogens is 210 g/mol. The summed E-state index contributed by atoms with van der Waals surface area (Å²) in [6.45, 7) is 0.667. The van der Waals surface area contributed by atoms with E-state index in [0.29, 0.717) is 5.75 Å². The summed E-state index contributed by atoms with van der Waals surface area (Å²) in [7, 11) is 1.91. The Bertz CT molecular complexity index is 294. The summed E-state index contributed by atoms with van der Waals surface area (Å²) in [6, 6.07) is 8.16. The Labute approximate surface area is 94.5 Å². The highest BCUT2D eigenvalue weighted by atomic mass is 32.2. The van der Waals surface area contributed by atoms with Gasteiger partial charge in [0.25, 0.3) is 0 Å². The maximum atomic E-state index is 9.21. The van der Waals surface area contributed by atoms with Gasteiger partial charge in [-0.25, -0.2) is 0 Å². The number of nitrogens with one attached hydrogen (secondary N) is 1. The van der Waals surface area contributed by atoms with Crippen molar-refractivity contribution in [1.82, 2.24) is 5.32 Å². The monoisotopic (exact) mass is 227 g/mol. The van der Waals surface area contributed by atoms with Crippen molar-refractivity contribution in [3.63, 3.8) is 0 Å². The van der Waals surface area contributed by atoms with Gasteiger partial charge < -0.3 is 15.5 Å². The van der Waals surface area contributed by atoms with E-state index in [0.717, 1.165) is 11.4 Å². The Hall–Kier alpha value is -0.550. The molecule has 0 bridgehead atoms. The zero-order valence-electron chi connectivity index (χ0n) is 8.81. The van der Waals surface area contributed by atoms with Gasteiger partial charge in [0.15, 0.2) is 0 Å². The third-order valence-corrected chi connectivity index (χ3v) is 3.07. The van der Waals surface area contributed by atoms with Crippen LogP contribution >= 0.6 is 11.8 Å². The first-order valence-electron chi connectivity index (χ1n) is 4.91. The van der Waals surface area contributed by atoms with E-state index in [1.807, 2.05) is 19.2 Å².